The van der Waals surface area contributed by atoms with Gasteiger partial charge in [0.25, 0.3) is 5.91 Å². The van der Waals surface area contributed by atoms with E-state index in [4.69, 9.17) is 40.5 Å². The zero-order valence-corrected chi connectivity index (χ0v) is 32.2. The fraction of sp³-hybridized carbons (Fsp3) is 0.541. The van der Waals surface area contributed by atoms with Crippen molar-refractivity contribution in [3.8, 4) is 0 Å². The van der Waals surface area contributed by atoms with Crippen LogP contribution >= 0.6 is 34.8 Å². The quantitative estimate of drug-likeness (QED) is 0.206. The van der Waals surface area contributed by atoms with Crippen LogP contribution in [0, 0.1) is 17.2 Å². The molecule has 1 saturated heterocycles. The van der Waals surface area contributed by atoms with Crippen molar-refractivity contribution in [2.24, 2.45) is 24.1 Å². The van der Waals surface area contributed by atoms with Crippen LogP contribution in [0.4, 0.5) is 39.3 Å². The van der Waals surface area contributed by atoms with Crippen LogP contribution in [-0.2, 0) is 18.4 Å². The third kappa shape index (κ3) is 12.1. The second kappa shape index (κ2) is 19.3. The lowest BCUT2D eigenvalue weighted by atomic mass is 9.89. The Morgan fingerprint density at radius 1 is 1.09 bits per heavy atom. The maximum absolute atomic E-state index is 15.8. The summed E-state index contributed by atoms with van der Waals surface area (Å²) in [6, 6.07) is 4.73. The molecule has 16 heteroatoms. The number of hydrogen-bond acceptors (Lipinski definition) is 5. The third-order valence-corrected chi connectivity index (χ3v) is 9.78. The standard InChI is InChI=1S/C25H28Cl2F2N6O2.C7H11F3.C4H7Cl.CH4/c1-25(2,3)23(37)31-10-12-5-6-15(26)19(17(12)27)33-24-32-16-9-14(22(30)36)20(18(29)21(16)34(24)4)35-8-7-13(28)11-35;8-7(9,10)6-4-2-1-3-5-6;1-3-4(2)5;/h5-6,9,13H,7-8,10-11H2,1-4H3,(H2,30,36)(H,31,37)(H,32,33);6H,1-5H2;2-3H2,1H3;1H4. The molecule has 1 aromatic heterocycles. The highest BCUT2D eigenvalue weighted by Gasteiger charge is 2.39. The van der Waals surface area contributed by atoms with E-state index in [1.54, 1.807) is 40.0 Å². The van der Waals surface area contributed by atoms with Crippen molar-refractivity contribution >= 4 is 75.0 Å². The molecule has 296 valence electrons. The van der Waals surface area contributed by atoms with Crippen LogP contribution in [-0.4, -0.2) is 46.8 Å². The topological polar surface area (TPSA) is 105 Å². The number of anilines is 3. The maximum Gasteiger partial charge on any atom is 0.391 e. The first kappa shape index (κ1) is 45.9. The summed E-state index contributed by atoms with van der Waals surface area (Å²) in [5.41, 5.74) is 6.07. The number of carbonyl (C=O) groups excluding carboxylic acids is 2. The number of rotatable bonds is 7. The van der Waals surface area contributed by atoms with E-state index in [1.165, 1.54) is 15.5 Å². The highest BCUT2D eigenvalue weighted by molar-refractivity contribution is 6.39. The summed E-state index contributed by atoms with van der Waals surface area (Å²) in [5.74, 6) is -2.50. The summed E-state index contributed by atoms with van der Waals surface area (Å²) in [4.78, 5) is 30.4. The minimum Gasteiger partial charge on any atom is -0.366 e. The molecule has 2 fully saturated rings. The highest BCUT2D eigenvalue weighted by Crippen LogP contribution is 2.39. The Bertz CT molecular complexity index is 1750. The van der Waals surface area contributed by atoms with Crippen molar-refractivity contribution in [3.05, 3.63) is 56.8 Å². The van der Waals surface area contributed by atoms with Crippen LogP contribution in [0.1, 0.15) is 96.0 Å². The molecule has 1 saturated carbocycles. The van der Waals surface area contributed by atoms with Crippen LogP contribution in [0.2, 0.25) is 10.0 Å². The summed E-state index contributed by atoms with van der Waals surface area (Å²) >= 11 is 18.3. The van der Waals surface area contributed by atoms with E-state index in [2.05, 4.69) is 22.2 Å². The summed E-state index contributed by atoms with van der Waals surface area (Å²) in [7, 11) is 1.59. The second-order valence-corrected chi connectivity index (χ2v) is 15.2. The largest absolute Gasteiger partial charge is 0.391 e. The first-order chi connectivity index (χ1) is 24.2. The summed E-state index contributed by atoms with van der Waals surface area (Å²) < 4.78 is 67.0. The van der Waals surface area contributed by atoms with Gasteiger partial charge in [-0.2, -0.15) is 13.2 Å². The molecule has 1 atom stereocenters. The van der Waals surface area contributed by atoms with Crippen LogP contribution in [0.3, 0.4) is 0 Å². The normalized spacial score (nSPS) is 16.2. The predicted molar refractivity (Wildman–Crippen MR) is 207 cm³/mol. The molecule has 0 radical (unpaired) electrons. The number of aryl methyl sites for hydroxylation is 1. The molecule has 0 spiro atoms. The average Bonchev–Trinajstić information content (AvgIpc) is 3.64. The van der Waals surface area contributed by atoms with Gasteiger partial charge in [0.05, 0.1) is 38.4 Å². The van der Waals surface area contributed by atoms with Gasteiger partial charge in [-0.3, -0.25) is 9.59 Å². The second-order valence-electron chi connectivity index (χ2n) is 13.8. The Balaban J connectivity index is 0.000000507. The molecule has 2 aliphatic rings. The first-order valence-corrected chi connectivity index (χ1v) is 18.1. The number of hydrogen-bond donors (Lipinski definition) is 3. The molecular weight excluding hydrogens is 762 g/mol. The molecule has 1 unspecified atom stereocenters. The number of amides is 2. The van der Waals surface area contributed by atoms with Gasteiger partial charge in [0.1, 0.15) is 11.7 Å². The van der Waals surface area contributed by atoms with Gasteiger partial charge in [0.2, 0.25) is 11.9 Å². The van der Waals surface area contributed by atoms with Gasteiger partial charge >= 0.3 is 6.18 Å². The minimum atomic E-state index is -3.93. The number of nitrogens with one attached hydrogen (secondary N) is 2. The zero-order valence-electron chi connectivity index (χ0n) is 29.9. The first-order valence-electron chi connectivity index (χ1n) is 17.0. The Labute approximate surface area is 323 Å². The van der Waals surface area contributed by atoms with Crippen molar-refractivity contribution in [1.29, 1.82) is 0 Å². The summed E-state index contributed by atoms with van der Waals surface area (Å²) in [6.45, 7) is 11.2. The van der Waals surface area contributed by atoms with E-state index in [-0.39, 0.29) is 77.7 Å². The molecule has 5 rings (SSSR count). The predicted octanol–water partition coefficient (Wildman–Crippen LogP) is 11.0. The molecule has 53 heavy (non-hydrogen) atoms. The summed E-state index contributed by atoms with van der Waals surface area (Å²) in [6.07, 6.45) is -0.753. The van der Waals surface area contributed by atoms with Gasteiger partial charge in [-0.05, 0) is 43.4 Å². The van der Waals surface area contributed by atoms with Crippen molar-refractivity contribution in [2.45, 2.75) is 99.0 Å². The van der Waals surface area contributed by atoms with Gasteiger partial charge in [-0.25, -0.2) is 13.8 Å². The third-order valence-electron chi connectivity index (χ3n) is 8.77. The number of imidazole rings is 1. The number of carbonyl (C=O) groups is 2. The van der Waals surface area contributed by atoms with Gasteiger partial charge in [-0.15, -0.1) is 0 Å². The molecule has 3 aromatic rings. The van der Waals surface area contributed by atoms with Crippen LogP contribution < -0.4 is 21.3 Å². The molecule has 4 N–H and O–H groups in total. The Kier molecular flexibility index (Phi) is 16.7. The number of alkyl halides is 4. The average molecular weight is 812 g/mol. The van der Waals surface area contributed by atoms with Crippen LogP contribution in [0.5, 0.6) is 0 Å². The number of fused-ring (bicyclic) bond motifs is 1. The molecule has 0 bridgehead atoms. The SMILES string of the molecule is C.C=C(Cl)CC.Cn1c(Nc2c(Cl)ccc(CNC(=O)C(C)(C)C)c2Cl)nc2cc(C(N)=O)c(N3CCC(F)C3)c(F)c21.FC(F)(F)C1CCCCC1. The number of nitrogens with two attached hydrogens (primary N) is 1. The van der Waals surface area contributed by atoms with E-state index in [0.717, 1.165) is 30.7 Å². The van der Waals surface area contributed by atoms with E-state index in [0.29, 0.717) is 24.1 Å². The molecule has 2 aromatic carbocycles. The molecule has 8 nitrogen and oxygen atoms in total. The van der Waals surface area contributed by atoms with Crippen molar-refractivity contribution in [1.82, 2.24) is 14.9 Å². The molecular formula is C37H50Cl3F5N6O2. The maximum atomic E-state index is 15.8. The monoisotopic (exact) mass is 810 g/mol. The molecule has 2 amide bonds. The lowest BCUT2D eigenvalue weighted by Crippen LogP contribution is -2.34. The fourth-order valence-electron chi connectivity index (χ4n) is 5.67. The smallest absolute Gasteiger partial charge is 0.366 e. The summed E-state index contributed by atoms with van der Waals surface area (Å²) in [5, 5.41) is 7.17. The van der Waals surface area contributed by atoms with Gasteiger partial charge in [-0.1, -0.05) is 102 Å². The number of primary amides is 1. The van der Waals surface area contributed by atoms with Crippen LogP contribution in [0.25, 0.3) is 11.0 Å². The number of nitrogens with zero attached hydrogens (tertiary/aromatic N) is 3. The van der Waals surface area contributed by atoms with Crippen molar-refractivity contribution in [3.63, 3.8) is 0 Å². The van der Waals surface area contributed by atoms with E-state index in [1.807, 2.05) is 6.92 Å². The van der Waals surface area contributed by atoms with E-state index >= 15 is 4.39 Å². The van der Waals surface area contributed by atoms with E-state index in [9.17, 15) is 27.2 Å². The molecule has 1 aliphatic heterocycles. The Hall–Kier alpha value is -3.29. The lowest BCUT2D eigenvalue weighted by molar-refractivity contribution is -0.181. The number of aromatic nitrogens is 2. The Morgan fingerprint density at radius 2 is 1.70 bits per heavy atom. The minimum absolute atomic E-state index is 0. The van der Waals surface area contributed by atoms with E-state index < -0.39 is 35.4 Å². The van der Waals surface area contributed by atoms with Gasteiger partial charge in [0.15, 0.2) is 5.82 Å². The lowest BCUT2D eigenvalue weighted by Gasteiger charge is -2.23. The van der Waals surface area contributed by atoms with Crippen molar-refractivity contribution < 1.29 is 31.5 Å². The fourth-order valence-corrected chi connectivity index (χ4v) is 6.21. The van der Waals surface area contributed by atoms with Gasteiger partial charge < -0.3 is 25.8 Å². The number of halogens is 8. The number of allylic oxidation sites excluding steroid dienone is 1. The van der Waals surface area contributed by atoms with Crippen molar-refractivity contribution in [2.75, 3.05) is 23.3 Å². The van der Waals surface area contributed by atoms with Gasteiger partial charge in [0, 0.05) is 37.1 Å². The van der Waals surface area contributed by atoms with Crippen LogP contribution in [0.15, 0.2) is 29.8 Å². The molecule has 1 aliphatic carbocycles. The zero-order chi connectivity index (χ0) is 39.1. The highest BCUT2D eigenvalue weighted by atomic mass is 35.5. The Morgan fingerprint density at radius 3 is 2.17 bits per heavy atom. The number of benzene rings is 2. The molecule has 2 heterocycles.